The van der Waals surface area contributed by atoms with Crippen LogP contribution in [0.1, 0.15) is 33.6 Å². The molecule has 1 heterocycles. The largest absolute Gasteiger partial charge is 0.381 e. The van der Waals surface area contributed by atoms with E-state index in [1.807, 2.05) is 0 Å². The lowest BCUT2D eigenvalue weighted by molar-refractivity contribution is 0.160. The summed E-state index contributed by atoms with van der Waals surface area (Å²) in [4.78, 5) is 0. The van der Waals surface area contributed by atoms with Gasteiger partial charge in [0.05, 0.1) is 17.1 Å². The van der Waals surface area contributed by atoms with Crippen LogP contribution in [0.2, 0.25) is 0 Å². The normalized spacial score (nSPS) is 27.2. The van der Waals surface area contributed by atoms with Gasteiger partial charge in [-0.2, -0.15) is 0 Å². The quantitative estimate of drug-likeness (QED) is 0.749. The maximum atomic E-state index is 12.0. The molecule has 16 heavy (non-hydrogen) atoms. The van der Waals surface area contributed by atoms with Crippen molar-refractivity contribution in [3.8, 4) is 0 Å². The second kappa shape index (κ2) is 4.94. The Balaban J connectivity index is 2.64. The molecule has 0 saturated carbocycles. The molecule has 1 fully saturated rings. The zero-order valence-corrected chi connectivity index (χ0v) is 12.7. The Kier molecular flexibility index (Phi) is 4.46. The fraction of sp³-hybridized carbons (Fsp3) is 1.00. The topological polar surface area (TPSA) is 43.4 Å². The molecule has 0 aromatic carbocycles. The number of rotatable bonds is 4. The smallest absolute Gasteiger partial charge is 0.155 e. The summed E-state index contributed by atoms with van der Waals surface area (Å²) in [7, 11) is -3.01. The molecule has 1 saturated heterocycles. The molecule has 1 atom stereocenters. The molecule has 1 aliphatic heterocycles. The van der Waals surface area contributed by atoms with Crippen molar-refractivity contribution in [2.45, 2.75) is 38.4 Å². The van der Waals surface area contributed by atoms with E-state index in [1.165, 1.54) is 0 Å². The summed E-state index contributed by atoms with van der Waals surface area (Å²) >= 11 is 3.48. The summed E-state index contributed by atoms with van der Waals surface area (Å²) in [5.41, 5.74) is 0.0261. The molecule has 0 aromatic rings. The Bertz CT molecular complexity index is 324. The summed E-state index contributed by atoms with van der Waals surface area (Å²) in [5, 5.41) is 0.819. The Hall–Kier alpha value is 0.390. The maximum Gasteiger partial charge on any atom is 0.155 e. The Morgan fingerprint density at radius 2 is 2.00 bits per heavy atom. The standard InChI is InChI=1S/C11H21BrO3S/c1-10(2,3)16(13,14)7-5-11(8-12)4-6-15-9-11/h4-9H2,1-3H3. The lowest BCUT2D eigenvalue weighted by atomic mass is 9.87. The molecule has 5 heteroatoms. The minimum Gasteiger partial charge on any atom is -0.381 e. The maximum absolute atomic E-state index is 12.0. The van der Waals surface area contributed by atoms with Gasteiger partial charge in [-0.1, -0.05) is 15.9 Å². The number of ether oxygens (including phenoxy) is 1. The molecular weight excluding hydrogens is 292 g/mol. The molecule has 1 aliphatic rings. The minimum absolute atomic E-state index is 0.0261. The van der Waals surface area contributed by atoms with E-state index in [2.05, 4.69) is 15.9 Å². The van der Waals surface area contributed by atoms with Crippen LogP contribution in [0.4, 0.5) is 0 Å². The number of halogens is 1. The highest BCUT2D eigenvalue weighted by Gasteiger charge is 2.37. The van der Waals surface area contributed by atoms with Crippen molar-refractivity contribution in [1.29, 1.82) is 0 Å². The van der Waals surface area contributed by atoms with Crippen molar-refractivity contribution in [1.82, 2.24) is 0 Å². The molecule has 1 unspecified atom stereocenters. The van der Waals surface area contributed by atoms with Crippen molar-refractivity contribution in [3.63, 3.8) is 0 Å². The van der Waals surface area contributed by atoms with Crippen LogP contribution in [-0.2, 0) is 14.6 Å². The third-order valence-corrected chi connectivity index (χ3v) is 7.10. The number of alkyl halides is 1. The van der Waals surface area contributed by atoms with Crippen molar-refractivity contribution in [2.24, 2.45) is 5.41 Å². The summed E-state index contributed by atoms with van der Waals surface area (Å²) < 4.78 is 28.7. The lowest BCUT2D eigenvalue weighted by Gasteiger charge is -2.27. The molecule has 0 aromatic heterocycles. The van der Waals surface area contributed by atoms with E-state index in [0.717, 1.165) is 18.4 Å². The molecule has 0 amide bonds. The molecule has 1 rings (SSSR count). The highest BCUT2D eigenvalue weighted by atomic mass is 79.9. The molecule has 3 nitrogen and oxygen atoms in total. The van der Waals surface area contributed by atoms with Gasteiger partial charge in [-0.25, -0.2) is 8.42 Å². The van der Waals surface area contributed by atoms with Crippen LogP contribution < -0.4 is 0 Å². The number of hydrogen-bond acceptors (Lipinski definition) is 3. The first-order valence-electron chi connectivity index (χ1n) is 5.58. The van der Waals surface area contributed by atoms with E-state index in [9.17, 15) is 8.42 Å². The van der Waals surface area contributed by atoms with E-state index >= 15 is 0 Å². The van der Waals surface area contributed by atoms with E-state index < -0.39 is 14.6 Å². The molecule has 0 radical (unpaired) electrons. The molecule has 0 aliphatic carbocycles. The number of sulfone groups is 1. The van der Waals surface area contributed by atoms with Crippen molar-refractivity contribution in [3.05, 3.63) is 0 Å². The summed E-state index contributed by atoms with van der Waals surface area (Å²) in [6.45, 7) is 6.70. The molecule has 0 N–H and O–H groups in total. The Morgan fingerprint density at radius 1 is 1.38 bits per heavy atom. The molecular formula is C11H21BrO3S. The predicted octanol–water partition coefficient (Wildman–Crippen LogP) is 2.39. The van der Waals surface area contributed by atoms with Crippen LogP contribution in [0.15, 0.2) is 0 Å². The van der Waals surface area contributed by atoms with E-state index in [4.69, 9.17) is 4.74 Å². The van der Waals surface area contributed by atoms with Crippen LogP contribution in [0, 0.1) is 5.41 Å². The van der Waals surface area contributed by atoms with Gasteiger partial charge in [0.2, 0.25) is 0 Å². The van der Waals surface area contributed by atoms with Gasteiger partial charge >= 0.3 is 0 Å². The first-order valence-corrected chi connectivity index (χ1v) is 8.36. The Labute approximate surface area is 107 Å². The summed E-state index contributed by atoms with van der Waals surface area (Å²) in [5.74, 6) is 0.255. The van der Waals surface area contributed by atoms with Gasteiger partial charge in [-0.05, 0) is 33.6 Å². The third kappa shape index (κ3) is 3.20. The summed E-state index contributed by atoms with van der Waals surface area (Å²) in [6.07, 6.45) is 1.65. The number of hydrogen-bond donors (Lipinski definition) is 0. The van der Waals surface area contributed by atoms with Gasteiger partial charge in [0.1, 0.15) is 0 Å². The minimum atomic E-state index is -3.01. The lowest BCUT2D eigenvalue weighted by Crippen LogP contribution is -2.34. The van der Waals surface area contributed by atoms with Crippen LogP contribution in [0.25, 0.3) is 0 Å². The van der Waals surface area contributed by atoms with Crippen LogP contribution in [-0.4, -0.2) is 37.5 Å². The zero-order valence-electron chi connectivity index (χ0n) is 10.3. The fourth-order valence-electron chi connectivity index (χ4n) is 1.68. The van der Waals surface area contributed by atoms with Gasteiger partial charge in [-0.15, -0.1) is 0 Å². The monoisotopic (exact) mass is 312 g/mol. The Morgan fingerprint density at radius 3 is 2.38 bits per heavy atom. The van der Waals surface area contributed by atoms with Gasteiger partial charge in [0.25, 0.3) is 0 Å². The fourth-order valence-corrected chi connectivity index (χ4v) is 3.71. The second-order valence-corrected chi connectivity index (χ2v) is 9.04. The van der Waals surface area contributed by atoms with Crippen LogP contribution in [0.3, 0.4) is 0 Å². The predicted molar refractivity (Wildman–Crippen MR) is 69.8 cm³/mol. The van der Waals surface area contributed by atoms with E-state index in [0.29, 0.717) is 13.0 Å². The highest BCUT2D eigenvalue weighted by molar-refractivity contribution is 9.09. The van der Waals surface area contributed by atoms with Gasteiger partial charge in [-0.3, -0.25) is 0 Å². The second-order valence-electron chi connectivity index (χ2n) is 5.62. The van der Waals surface area contributed by atoms with E-state index in [-0.39, 0.29) is 11.2 Å². The zero-order chi connectivity index (χ0) is 12.4. The average Bonchev–Trinajstić information content (AvgIpc) is 2.62. The third-order valence-electron chi connectivity index (χ3n) is 3.30. The van der Waals surface area contributed by atoms with E-state index in [1.54, 1.807) is 20.8 Å². The SMILES string of the molecule is CC(C)(C)S(=O)(=O)CCC1(CBr)CCOC1. The van der Waals surface area contributed by atoms with Crippen molar-refractivity contribution in [2.75, 3.05) is 24.3 Å². The first kappa shape index (κ1) is 14.5. The van der Waals surface area contributed by atoms with Crippen LogP contribution >= 0.6 is 15.9 Å². The molecule has 0 bridgehead atoms. The van der Waals surface area contributed by atoms with Gasteiger partial charge in [0.15, 0.2) is 9.84 Å². The van der Waals surface area contributed by atoms with Crippen molar-refractivity contribution < 1.29 is 13.2 Å². The first-order chi connectivity index (χ1) is 7.22. The van der Waals surface area contributed by atoms with Crippen LogP contribution in [0.5, 0.6) is 0 Å². The van der Waals surface area contributed by atoms with Crippen molar-refractivity contribution >= 4 is 25.8 Å². The average molecular weight is 313 g/mol. The summed E-state index contributed by atoms with van der Waals surface area (Å²) in [6, 6.07) is 0. The molecule has 0 spiro atoms. The van der Waals surface area contributed by atoms with Gasteiger partial charge in [0, 0.05) is 17.4 Å². The highest BCUT2D eigenvalue weighted by Crippen LogP contribution is 2.35. The van der Waals surface area contributed by atoms with Gasteiger partial charge < -0.3 is 4.74 Å². The molecule has 96 valence electrons.